The topological polar surface area (TPSA) is 12.0 Å². The molecule has 0 aromatic carbocycles. The summed E-state index contributed by atoms with van der Waals surface area (Å²) in [4.78, 5) is 0. The summed E-state index contributed by atoms with van der Waals surface area (Å²) in [7, 11) is 0. The van der Waals surface area contributed by atoms with Crippen LogP contribution in [0.3, 0.4) is 0 Å². The molecular formula is C12H23N. The van der Waals surface area contributed by atoms with Crippen molar-refractivity contribution >= 4 is 0 Å². The third-order valence-corrected chi connectivity index (χ3v) is 4.22. The van der Waals surface area contributed by atoms with Crippen molar-refractivity contribution in [2.24, 2.45) is 16.7 Å². The van der Waals surface area contributed by atoms with Gasteiger partial charge in [-0.3, -0.25) is 0 Å². The van der Waals surface area contributed by atoms with Gasteiger partial charge in [0, 0.05) is 6.54 Å². The monoisotopic (exact) mass is 181 g/mol. The van der Waals surface area contributed by atoms with E-state index in [4.69, 9.17) is 0 Å². The molecule has 13 heavy (non-hydrogen) atoms. The zero-order valence-corrected chi connectivity index (χ0v) is 9.32. The highest BCUT2D eigenvalue weighted by atomic mass is 14.9. The highest BCUT2D eigenvalue weighted by Crippen LogP contribution is 2.57. The van der Waals surface area contributed by atoms with Gasteiger partial charge in [-0.25, -0.2) is 0 Å². The van der Waals surface area contributed by atoms with E-state index < -0.39 is 0 Å². The van der Waals surface area contributed by atoms with Crippen LogP contribution in [0.1, 0.15) is 46.5 Å². The predicted molar refractivity (Wildman–Crippen MR) is 56.7 cm³/mol. The second kappa shape index (κ2) is 2.98. The Morgan fingerprint density at radius 2 is 2.00 bits per heavy atom. The van der Waals surface area contributed by atoms with Crippen LogP contribution in [-0.4, -0.2) is 13.1 Å². The SMILES string of the molecule is CC(C)(C)C1CC[C@@]12CCCNC2. The molecular weight excluding hydrogens is 158 g/mol. The number of hydrogen-bond acceptors (Lipinski definition) is 1. The van der Waals surface area contributed by atoms with E-state index in [-0.39, 0.29) is 0 Å². The zero-order chi connectivity index (χ0) is 9.53. The summed E-state index contributed by atoms with van der Waals surface area (Å²) in [6, 6.07) is 0. The fourth-order valence-electron chi connectivity index (χ4n) is 3.55. The molecule has 1 heteroatoms. The molecule has 0 radical (unpaired) electrons. The molecule has 2 rings (SSSR count). The summed E-state index contributed by atoms with van der Waals surface area (Å²) in [5.74, 6) is 0.966. The molecule has 1 N–H and O–H groups in total. The molecule has 2 atom stereocenters. The van der Waals surface area contributed by atoms with E-state index in [2.05, 4.69) is 26.1 Å². The van der Waals surface area contributed by atoms with Crippen molar-refractivity contribution < 1.29 is 0 Å². The van der Waals surface area contributed by atoms with Gasteiger partial charge in [-0.2, -0.15) is 0 Å². The minimum Gasteiger partial charge on any atom is -0.316 e. The van der Waals surface area contributed by atoms with Gasteiger partial charge in [0.1, 0.15) is 0 Å². The minimum absolute atomic E-state index is 0.525. The van der Waals surface area contributed by atoms with Crippen molar-refractivity contribution in [2.45, 2.75) is 46.5 Å². The average Bonchev–Trinajstić information content (AvgIpc) is 2.01. The number of nitrogens with one attached hydrogen (secondary N) is 1. The highest BCUT2D eigenvalue weighted by molar-refractivity contribution is 5.02. The molecule has 1 spiro atoms. The summed E-state index contributed by atoms with van der Waals surface area (Å²) >= 11 is 0. The van der Waals surface area contributed by atoms with Crippen LogP contribution in [0.25, 0.3) is 0 Å². The van der Waals surface area contributed by atoms with Crippen molar-refractivity contribution in [2.75, 3.05) is 13.1 Å². The Morgan fingerprint density at radius 3 is 2.38 bits per heavy atom. The number of piperidine rings is 1. The molecule has 1 heterocycles. The van der Waals surface area contributed by atoms with Crippen molar-refractivity contribution in [1.29, 1.82) is 0 Å². The lowest BCUT2D eigenvalue weighted by Gasteiger charge is -2.57. The van der Waals surface area contributed by atoms with E-state index >= 15 is 0 Å². The van der Waals surface area contributed by atoms with Crippen LogP contribution in [-0.2, 0) is 0 Å². The maximum atomic E-state index is 3.58. The predicted octanol–water partition coefficient (Wildman–Crippen LogP) is 2.81. The molecule has 1 aliphatic carbocycles. The van der Waals surface area contributed by atoms with Gasteiger partial charge < -0.3 is 5.32 Å². The number of rotatable bonds is 0. The Bertz CT molecular complexity index is 184. The second-order valence-corrected chi connectivity index (χ2v) is 6.10. The largest absolute Gasteiger partial charge is 0.316 e. The van der Waals surface area contributed by atoms with Crippen molar-refractivity contribution in [1.82, 2.24) is 5.32 Å². The Balaban J connectivity index is 2.07. The smallest absolute Gasteiger partial charge is 0.00107 e. The summed E-state index contributed by atoms with van der Waals surface area (Å²) in [6.45, 7) is 9.76. The van der Waals surface area contributed by atoms with E-state index in [0.29, 0.717) is 10.8 Å². The first-order chi connectivity index (χ1) is 6.05. The van der Waals surface area contributed by atoms with Gasteiger partial charge in [-0.15, -0.1) is 0 Å². The van der Waals surface area contributed by atoms with Crippen LogP contribution < -0.4 is 5.32 Å². The molecule has 76 valence electrons. The van der Waals surface area contributed by atoms with Crippen LogP contribution in [0.4, 0.5) is 0 Å². The van der Waals surface area contributed by atoms with Gasteiger partial charge in [-0.05, 0) is 49.0 Å². The van der Waals surface area contributed by atoms with E-state index in [9.17, 15) is 0 Å². The third-order valence-electron chi connectivity index (χ3n) is 4.22. The fourth-order valence-corrected chi connectivity index (χ4v) is 3.55. The Hall–Kier alpha value is -0.0400. The molecule has 0 aromatic heterocycles. The highest BCUT2D eigenvalue weighted by Gasteiger charge is 2.51. The van der Waals surface area contributed by atoms with E-state index in [0.717, 1.165) is 5.92 Å². The standard InChI is InChI=1S/C12H23N/c1-11(2,3)10-5-7-12(10)6-4-8-13-9-12/h10,13H,4-9H2,1-3H3/t10?,12-/m1/s1. The molecule has 2 fully saturated rings. The summed E-state index contributed by atoms with van der Waals surface area (Å²) in [5.41, 5.74) is 1.22. The van der Waals surface area contributed by atoms with E-state index in [1.165, 1.54) is 38.8 Å². The summed E-state index contributed by atoms with van der Waals surface area (Å²) < 4.78 is 0. The lowest BCUT2D eigenvalue weighted by molar-refractivity contribution is -0.0621. The van der Waals surface area contributed by atoms with Gasteiger partial charge in [0.2, 0.25) is 0 Å². The van der Waals surface area contributed by atoms with Crippen molar-refractivity contribution in [3.05, 3.63) is 0 Å². The normalized spacial score (nSPS) is 40.4. The van der Waals surface area contributed by atoms with Gasteiger partial charge in [-0.1, -0.05) is 20.8 Å². The van der Waals surface area contributed by atoms with Crippen molar-refractivity contribution in [3.63, 3.8) is 0 Å². The van der Waals surface area contributed by atoms with E-state index in [1.54, 1.807) is 0 Å². The van der Waals surface area contributed by atoms with Gasteiger partial charge in [0.25, 0.3) is 0 Å². The van der Waals surface area contributed by atoms with Crippen LogP contribution in [0.15, 0.2) is 0 Å². The molecule has 1 saturated carbocycles. The molecule has 1 saturated heterocycles. The second-order valence-electron chi connectivity index (χ2n) is 6.10. The molecule has 2 aliphatic rings. The molecule has 1 aliphatic heterocycles. The van der Waals surface area contributed by atoms with Gasteiger partial charge in [0.05, 0.1) is 0 Å². The summed E-state index contributed by atoms with van der Waals surface area (Å²) in [6.07, 6.45) is 5.81. The lowest BCUT2D eigenvalue weighted by Crippen LogP contribution is -2.55. The first-order valence-electron chi connectivity index (χ1n) is 5.75. The molecule has 1 unspecified atom stereocenters. The van der Waals surface area contributed by atoms with Gasteiger partial charge in [0.15, 0.2) is 0 Å². The van der Waals surface area contributed by atoms with Gasteiger partial charge >= 0.3 is 0 Å². The van der Waals surface area contributed by atoms with Crippen LogP contribution in [0.5, 0.6) is 0 Å². The average molecular weight is 181 g/mol. The minimum atomic E-state index is 0.525. The Morgan fingerprint density at radius 1 is 1.23 bits per heavy atom. The third kappa shape index (κ3) is 1.52. The maximum Gasteiger partial charge on any atom is 0.00107 e. The molecule has 0 amide bonds. The van der Waals surface area contributed by atoms with Crippen LogP contribution in [0, 0.1) is 16.7 Å². The fraction of sp³-hybridized carbons (Fsp3) is 1.00. The first-order valence-corrected chi connectivity index (χ1v) is 5.75. The molecule has 0 bridgehead atoms. The molecule has 1 nitrogen and oxygen atoms in total. The number of hydrogen-bond donors (Lipinski definition) is 1. The Kier molecular flexibility index (Phi) is 2.18. The first kappa shape index (κ1) is 9.51. The molecule has 0 aromatic rings. The van der Waals surface area contributed by atoms with Crippen LogP contribution >= 0.6 is 0 Å². The Labute approximate surface area is 82.3 Å². The zero-order valence-electron chi connectivity index (χ0n) is 9.32. The van der Waals surface area contributed by atoms with Crippen LogP contribution in [0.2, 0.25) is 0 Å². The van der Waals surface area contributed by atoms with Crippen molar-refractivity contribution in [3.8, 4) is 0 Å². The maximum absolute atomic E-state index is 3.58. The summed E-state index contributed by atoms with van der Waals surface area (Å²) in [5, 5.41) is 3.58. The quantitative estimate of drug-likeness (QED) is 0.606. The lowest BCUT2D eigenvalue weighted by atomic mass is 9.50. The van der Waals surface area contributed by atoms with E-state index in [1.807, 2.05) is 0 Å².